The molecule has 0 bridgehead atoms. The van der Waals surface area contributed by atoms with Crippen LogP contribution in [-0.2, 0) is 40.3 Å². The molecular weight excluding hydrogens is 435 g/mol. The zero-order chi connectivity index (χ0) is 22.2. The summed E-state index contributed by atoms with van der Waals surface area (Å²) in [7, 11) is -4.07. The third-order valence-corrected chi connectivity index (χ3v) is 7.24. The first-order chi connectivity index (χ1) is 14.6. The summed E-state index contributed by atoms with van der Waals surface area (Å²) in [4.78, 5) is 14.0. The molecule has 31 heavy (non-hydrogen) atoms. The Balaban J connectivity index is 1.34. The smallest absolute Gasteiger partial charge is 0.416 e. The first-order valence-corrected chi connectivity index (χ1v) is 11.7. The van der Waals surface area contributed by atoms with E-state index in [1.165, 1.54) is 4.68 Å². The standard InChI is InChI=1S/C19H24F3N5O3S/c20-19(21,22)14-4-3-5-16(12-14)31(29,30)24-15-7-9-25(13-15)10-11-27-18(28)26-8-2-1-6-17(26)23-27/h3-5,12,15H,1-2,6-11,13H2,(H-,24,29,30). The van der Waals surface area contributed by atoms with E-state index < -0.39 is 33.1 Å². The molecule has 8 nitrogen and oxygen atoms in total. The highest BCUT2D eigenvalue weighted by Crippen LogP contribution is 2.31. The van der Waals surface area contributed by atoms with Gasteiger partial charge in [-0.2, -0.15) is 18.3 Å². The van der Waals surface area contributed by atoms with E-state index in [1.807, 2.05) is 4.90 Å². The molecule has 3 heterocycles. The van der Waals surface area contributed by atoms with Crippen molar-refractivity contribution in [1.82, 2.24) is 24.0 Å². The summed E-state index contributed by atoms with van der Waals surface area (Å²) in [5.74, 6) is 0.810. The summed E-state index contributed by atoms with van der Waals surface area (Å²) in [6.07, 6.45) is -1.28. The molecule has 0 spiro atoms. The van der Waals surface area contributed by atoms with Crippen LogP contribution < -0.4 is 10.4 Å². The number of aryl methyl sites for hydroxylation is 1. The van der Waals surface area contributed by atoms with Crippen molar-refractivity contribution >= 4 is 10.4 Å². The van der Waals surface area contributed by atoms with Crippen molar-refractivity contribution in [3.05, 3.63) is 46.1 Å². The molecule has 2 unspecified atom stereocenters. The Morgan fingerprint density at radius 3 is 2.77 bits per heavy atom. The third-order valence-electron chi connectivity index (χ3n) is 5.73. The van der Waals surface area contributed by atoms with Gasteiger partial charge in [0.2, 0.25) is 0 Å². The Morgan fingerprint density at radius 1 is 1.23 bits per heavy atom. The van der Waals surface area contributed by atoms with Gasteiger partial charge in [-0.1, -0.05) is 10.3 Å². The fourth-order valence-electron chi connectivity index (χ4n) is 4.09. The zero-order valence-electron chi connectivity index (χ0n) is 16.8. The summed E-state index contributed by atoms with van der Waals surface area (Å²) in [5.41, 5.74) is -1.12. The highest BCUT2D eigenvalue weighted by atomic mass is 32.3. The number of likely N-dealkylation sites (tertiary alicyclic amines) is 1. The van der Waals surface area contributed by atoms with Gasteiger partial charge < -0.3 is 4.55 Å². The van der Waals surface area contributed by atoms with Gasteiger partial charge in [-0.25, -0.2) is 9.48 Å². The average molecular weight is 459 g/mol. The first kappa shape index (κ1) is 22.2. The van der Waals surface area contributed by atoms with E-state index in [2.05, 4.69) is 9.82 Å². The fourth-order valence-corrected chi connectivity index (χ4v) is 5.40. The molecule has 2 aromatic rings. The summed E-state index contributed by atoms with van der Waals surface area (Å²) >= 11 is 0. The van der Waals surface area contributed by atoms with Gasteiger partial charge in [0.05, 0.1) is 18.2 Å². The Labute approximate surface area is 178 Å². The van der Waals surface area contributed by atoms with Crippen LogP contribution in [0.25, 0.3) is 0 Å². The molecule has 12 heteroatoms. The van der Waals surface area contributed by atoms with Crippen molar-refractivity contribution in [2.75, 3.05) is 19.6 Å². The number of nitrogens with one attached hydrogen (secondary N) is 1. The largest absolute Gasteiger partial charge is 0.593 e. The van der Waals surface area contributed by atoms with E-state index in [9.17, 15) is 26.7 Å². The van der Waals surface area contributed by atoms with Crippen molar-refractivity contribution in [3.63, 3.8) is 0 Å². The van der Waals surface area contributed by atoms with E-state index in [4.69, 9.17) is 0 Å². The number of aromatic nitrogens is 3. The van der Waals surface area contributed by atoms with E-state index in [0.717, 1.165) is 43.3 Å². The molecule has 0 amide bonds. The average Bonchev–Trinajstić information content (AvgIpc) is 3.30. The quantitative estimate of drug-likeness (QED) is 0.663. The fraction of sp³-hybridized carbons (Fsp3) is 0.579. The van der Waals surface area contributed by atoms with Crippen LogP contribution in [0.1, 0.15) is 30.7 Å². The molecular formula is C19H24F3N5O3S. The van der Waals surface area contributed by atoms with Crippen LogP contribution in [0, 0.1) is 0 Å². The molecule has 1 N–H and O–H groups in total. The maximum atomic E-state index is 12.9. The molecule has 1 aromatic heterocycles. The predicted octanol–water partition coefficient (Wildman–Crippen LogP) is 1.67. The van der Waals surface area contributed by atoms with Crippen molar-refractivity contribution in [3.8, 4) is 0 Å². The maximum Gasteiger partial charge on any atom is 0.416 e. The topological polar surface area (TPSA) is 95.2 Å². The zero-order valence-corrected chi connectivity index (χ0v) is 17.6. The van der Waals surface area contributed by atoms with Crippen molar-refractivity contribution < 1.29 is 21.9 Å². The van der Waals surface area contributed by atoms with E-state index >= 15 is 0 Å². The molecule has 0 aliphatic carbocycles. The van der Waals surface area contributed by atoms with Crippen molar-refractivity contribution in [2.24, 2.45) is 0 Å². The number of hydrogen-bond acceptors (Lipinski definition) is 5. The van der Waals surface area contributed by atoms with E-state index in [-0.39, 0.29) is 5.69 Å². The minimum absolute atomic E-state index is 0.115. The number of alkyl halides is 3. The van der Waals surface area contributed by atoms with Crippen LogP contribution in [0.2, 0.25) is 0 Å². The number of halogens is 3. The van der Waals surface area contributed by atoms with Crippen molar-refractivity contribution in [2.45, 2.75) is 55.9 Å². The second kappa shape index (κ2) is 8.49. The second-order valence-corrected chi connectivity index (χ2v) is 9.68. The molecule has 0 radical (unpaired) electrons. The molecule has 2 aliphatic rings. The van der Waals surface area contributed by atoms with Gasteiger partial charge in [0.1, 0.15) is 5.82 Å². The van der Waals surface area contributed by atoms with Gasteiger partial charge in [0.15, 0.2) is 15.3 Å². The number of fused-ring (bicyclic) bond motifs is 1. The SMILES string of the molecule is O=c1n(CCN2CCC(N[S+](=O)([O-])c3cccc(C(F)(F)F)c3)C2)nc2n1CCCC2. The van der Waals surface area contributed by atoms with E-state index in [0.29, 0.717) is 45.2 Å². The van der Waals surface area contributed by atoms with Gasteiger partial charge in [-0.05, 0) is 37.9 Å². The second-order valence-electron chi connectivity index (χ2n) is 7.96. The number of sulfonamides is 1. The van der Waals surface area contributed by atoms with Gasteiger partial charge in [-0.3, -0.25) is 9.47 Å². The number of rotatable bonds is 6. The highest BCUT2D eigenvalue weighted by Gasteiger charge is 2.35. The summed E-state index contributed by atoms with van der Waals surface area (Å²) in [5, 5.41) is 4.39. The lowest BCUT2D eigenvalue weighted by atomic mass is 10.2. The molecule has 0 saturated carbocycles. The van der Waals surface area contributed by atoms with Crippen LogP contribution in [-0.4, -0.2) is 49.5 Å². The predicted molar refractivity (Wildman–Crippen MR) is 106 cm³/mol. The minimum atomic E-state index is -4.61. The first-order valence-electron chi connectivity index (χ1n) is 10.2. The molecule has 1 fully saturated rings. The summed E-state index contributed by atoms with van der Waals surface area (Å²) < 4.78 is 69.4. The maximum absolute atomic E-state index is 12.9. The van der Waals surface area contributed by atoms with E-state index in [1.54, 1.807) is 4.57 Å². The number of hydrogen-bond donors (Lipinski definition) is 1. The summed E-state index contributed by atoms with van der Waals surface area (Å²) in [6.45, 7) is 2.68. The lowest BCUT2D eigenvalue weighted by Gasteiger charge is -2.20. The number of nitrogens with zero attached hydrogens (tertiary/aromatic N) is 4. The van der Waals surface area contributed by atoms with Crippen LogP contribution in [0.5, 0.6) is 0 Å². The normalized spacial score (nSPS) is 21.7. The molecule has 4 rings (SSSR count). The van der Waals surface area contributed by atoms with Gasteiger partial charge in [0.25, 0.3) is 0 Å². The molecule has 2 atom stereocenters. The molecule has 2 aliphatic heterocycles. The Kier molecular flexibility index (Phi) is 6.08. The van der Waals surface area contributed by atoms with Gasteiger partial charge >= 0.3 is 11.9 Å². The van der Waals surface area contributed by atoms with Crippen LogP contribution in [0.4, 0.5) is 13.2 Å². The Hall–Kier alpha value is -2.02. The monoisotopic (exact) mass is 459 g/mol. The number of benzene rings is 1. The molecule has 1 aromatic carbocycles. The Morgan fingerprint density at radius 2 is 2.03 bits per heavy atom. The van der Waals surface area contributed by atoms with Crippen LogP contribution in [0.3, 0.4) is 0 Å². The molecule has 1 saturated heterocycles. The van der Waals surface area contributed by atoms with Crippen LogP contribution >= 0.6 is 0 Å². The minimum Gasteiger partial charge on any atom is -0.593 e. The highest BCUT2D eigenvalue weighted by molar-refractivity contribution is 7.95. The lowest BCUT2D eigenvalue weighted by molar-refractivity contribution is -0.137. The van der Waals surface area contributed by atoms with Gasteiger partial charge in [-0.15, -0.1) is 4.72 Å². The van der Waals surface area contributed by atoms with Crippen molar-refractivity contribution in [1.29, 1.82) is 0 Å². The Bertz CT molecular complexity index is 1050. The summed E-state index contributed by atoms with van der Waals surface area (Å²) in [6, 6.07) is 3.30. The third kappa shape index (κ3) is 4.92. The van der Waals surface area contributed by atoms with Gasteiger partial charge in [0, 0.05) is 32.1 Å². The lowest BCUT2D eigenvalue weighted by Crippen LogP contribution is -2.41. The molecule has 170 valence electrons. The van der Waals surface area contributed by atoms with Crippen LogP contribution in [0.15, 0.2) is 34.0 Å².